The van der Waals surface area contributed by atoms with Crippen LogP contribution in [0, 0.1) is 0 Å². The Kier molecular flexibility index (Phi) is 7.30. The molecule has 0 radical (unpaired) electrons. The zero-order valence-corrected chi connectivity index (χ0v) is 21.6. The van der Waals surface area contributed by atoms with Crippen LogP contribution in [-0.4, -0.2) is 34.0 Å². The van der Waals surface area contributed by atoms with Crippen LogP contribution >= 0.6 is 0 Å². The van der Waals surface area contributed by atoms with Gasteiger partial charge in [0.15, 0.2) is 0 Å². The van der Waals surface area contributed by atoms with E-state index in [1.54, 1.807) is 24.3 Å². The van der Waals surface area contributed by atoms with Crippen LogP contribution in [0.2, 0.25) is 0 Å². The minimum atomic E-state index is -1.21. The average molecular weight is 545 g/mol. The van der Waals surface area contributed by atoms with Crippen molar-refractivity contribution >= 4 is 35.1 Å². The van der Waals surface area contributed by atoms with Gasteiger partial charge in [0.25, 0.3) is 0 Å². The standard InChI is InChI=1S/C33H24N2O6/c36-29(17-19-31(38)39)34-23-13-9-21(10-14-23)33(22-11-15-24(16-12-22)35-30(37)18-20-32(40)41)27-7-3-1-5-25(27)26-6-2-4-8-28(26)33/h1-20H,(H,34,36)(H,35,37)(H,38,39)(H,40,41)/b19-17+,20-18+. The number of benzene rings is 4. The normalized spacial score (nSPS) is 13.0. The van der Waals surface area contributed by atoms with Gasteiger partial charge in [-0.2, -0.15) is 0 Å². The van der Waals surface area contributed by atoms with E-state index >= 15 is 0 Å². The Labute approximate surface area is 235 Å². The van der Waals surface area contributed by atoms with Crippen LogP contribution < -0.4 is 10.6 Å². The molecular formula is C33H24N2O6. The third-order valence-electron chi connectivity index (χ3n) is 6.88. The van der Waals surface area contributed by atoms with Crippen LogP contribution in [0.3, 0.4) is 0 Å². The Morgan fingerprint density at radius 2 is 0.878 bits per heavy atom. The van der Waals surface area contributed by atoms with E-state index < -0.39 is 29.2 Å². The van der Waals surface area contributed by atoms with Crippen molar-refractivity contribution in [1.82, 2.24) is 0 Å². The Morgan fingerprint density at radius 3 is 1.24 bits per heavy atom. The first-order valence-corrected chi connectivity index (χ1v) is 12.6. The molecule has 0 atom stereocenters. The smallest absolute Gasteiger partial charge is 0.328 e. The molecule has 0 unspecified atom stereocenters. The lowest BCUT2D eigenvalue weighted by Gasteiger charge is -2.34. The lowest BCUT2D eigenvalue weighted by molar-refractivity contribution is -0.132. The van der Waals surface area contributed by atoms with Crippen LogP contribution in [0.15, 0.2) is 121 Å². The first-order chi connectivity index (χ1) is 19.8. The molecule has 8 heteroatoms. The van der Waals surface area contributed by atoms with Gasteiger partial charge in [-0.3, -0.25) is 9.59 Å². The number of carbonyl (C=O) groups excluding carboxylic acids is 2. The summed E-state index contributed by atoms with van der Waals surface area (Å²) in [5.74, 6) is -3.53. The fourth-order valence-electron chi connectivity index (χ4n) is 5.29. The maximum absolute atomic E-state index is 12.1. The largest absolute Gasteiger partial charge is 0.478 e. The zero-order valence-electron chi connectivity index (χ0n) is 21.6. The number of hydrogen-bond acceptors (Lipinski definition) is 4. The van der Waals surface area contributed by atoms with Gasteiger partial charge < -0.3 is 20.8 Å². The predicted molar refractivity (Wildman–Crippen MR) is 155 cm³/mol. The van der Waals surface area contributed by atoms with Gasteiger partial charge >= 0.3 is 11.9 Å². The Hall–Kier alpha value is -5.76. The molecule has 0 saturated carbocycles. The van der Waals surface area contributed by atoms with Gasteiger partial charge in [-0.25, -0.2) is 9.59 Å². The number of fused-ring (bicyclic) bond motifs is 3. The van der Waals surface area contributed by atoms with Crippen LogP contribution in [0.25, 0.3) is 11.1 Å². The van der Waals surface area contributed by atoms with Crippen molar-refractivity contribution in [3.8, 4) is 11.1 Å². The molecule has 202 valence electrons. The molecule has 4 aromatic carbocycles. The van der Waals surface area contributed by atoms with Gasteiger partial charge in [-0.1, -0.05) is 72.8 Å². The molecule has 0 fully saturated rings. The Bertz CT molecular complexity index is 1590. The highest BCUT2D eigenvalue weighted by molar-refractivity contribution is 6.03. The van der Waals surface area contributed by atoms with Crippen molar-refractivity contribution in [1.29, 1.82) is 0 Å². The molecule has 0 aliphatic heterocycles. The Morgan fingerprint density at radius 1 is 0.512 bits per heavy atom. The average Bonchev–Trinajstić information content (AvgIpc) is 3.27. The van der Waals surface area contributed by atoms with E-state index in [9.17, 15) is 19.2 Å². The van der Waals surface area contributed by atoms with Crippen LogP contribution in [0.1, 0.15) is 22.3 Å². The van der Waals surface area contributed by atoms with E-state index in [0.717, 1.165) is 57.7 Å². The van der Waals surface area contributed by atoms with Gasteiger partial charge in [0.1, 0.15) is 0 Å². The van der Waals surface area contributed by atoms with E-state index in [-0.39, 0.29) is 0 Å². The third kappa shape index (κ3) is 5.26. The maximum Gasteiger partial charge on any atom is 0.328 e. The van der Waals surface area contributed by atoms with E-state index in [4.69, 9.17) is 10.2 Å². The van der Waals surface area contributed by atoms with Gasteiger partial charge in [-0.05, 0) is 57.6 Å². The second kappa shape index (κ2) is 11.2. The van der Waals surface area contributed by atoms with Gasteiger partial charge in [0.2, 0.25) is 11.8 Å². The molecule has 0 saturated heterocycles. The van der Waals surface area contributed by atoms with E-state index in [0.29, 0.717) is 11.4 Å². The van der Waals surface area contributed by atoms with Gasteiger partial charge in [-0.15, -0.1) is 0 Å². The molecule has 0 heterocycles. The van der Waals surface area contributed by atoms with E-state index in [2.05, 4.69) is 34.9 Å². The summed E-state index contributed by atoms with van der Waals surface area (Å²) in [6.07, 6.45) is 3.47. The Balaban J connectivity index is 1.59. The highest BCUT2D eigenvalue weighted by Gasteiger charge is 2.45. The summed E-state index contributed by atoms with van der Waals surface area (Å²) in [5, 5.41) is 22.9. The third-order valence-corrected chi connectivity index (χ3v) is 6.88. The number of amides is 2. The molecule has 1 aliphatic carbocycles. The molecular weight excluding hydrogens is 520 g/mol. The van der Waals surface area contributed by atoms with Crippen molar-refractivity contribution in [2.45, 2.75) is 5.41 Å². The first kappa shape index (κ1) is 26.8. The quantitative estimate of drug-likeness (QED) is 0.198. The lowest BCUT2D eigenvalue weighted by atomic mass is 9.67. The summed E-state index contributed by atoms with van der Waals surface area (Å²) in [6, 6.07) is 31.2. The number of anilines is 2. The molecule has 0 bridgehead atoms. The molecule has 0 aromatic heterocycles. The number of carboxylic acid groups (broad SMARTS) is 2. The number of carboxylic acids is 2. The van der Waals surface area contributed by atoms with E-state index in [1.165, 1.54) is 0 Å². The molecule has 41 heavy (non-hydrogen) atoms. The fraction of sp³-hybridized carbons (Fsp3) is 0.0303. The summed E-state index contributed by atoms with van der Waals surface area (Å²) in [6.45, 7) is 0. The van der Waals surface area contributed by atoms with Crippen molar-refractivity contribution in [2.75, 3.05) is 10.6 Å². The van der Waals surface area contributed by atoms with Crippen LogP contribution in [-0.2, 0) is 24.6 Å². The fourth-order valence-corrected chi connectivity index (χ4v) is 5.29. The molecule has 4 aromatic rings. The zero-order chi connectivity index (χ0) is 29.0. The highest BCUT2D eigenvalue weighted by Crippen LogP contribution is 2.56. The van der Waals surface area contributed by atoms with Crippen molar-refractivity contribution in [3.63, 3.8) is 0 Å². The number of hydrogen-bond donors (Lipinski definition) is 4. The SMILES string of the molecule is O=C(O)/C=C/C(=O)Nc1ccc(C2(c3ccc(NC(=O)/C=C/C(=O)O)cc3)c3ccccc3-c3ccccc32)cc1. The summed E-state index contributed by atoms with van der Waals surface area (Å²) in [4.78, 5) is 45.7. The maximum atomic E-state index is 12.1. The molecule has 8 nitrogen and oxygen atoms in total. The van der Waals surface area contributed by atoms with Crippen molar-refractivity contribution < 1.29 is 29.4 Å². The van der Waals surface area contributed by atoms with Crippen LogP contribution in [0.4, 0.5) is 11.4 Å². The lowest BCUT2D eigenvalue weighted by Crippen LogP contribution is -2.28. The second-order valence-corrected chi connectivity index (χ2v) is 9.32. The molecule has 0 spiro atoms. The first-order valence-electron chi connectivity index (χ1n) is 12.6. The minimum Gasteiger partial charge on any atom is -0.478 e. The summed E-state index contributed by atoms with van der Waals surface area (Å²) in [5.41, 5.74) is 6.51. The molecule has 4 N–H and O–H groups in total. The minimum absolute atomic E-state index is 0.510. The summed E-state index contributed by atoms with van der Waals surface area (Å²) >= 11 is 0. The predicted octanol–water partition coefficient (Wildman–Crippen LogP) is 5.21. The van der Waals surface area contributed by atoms with Gasteiger partial charge in [0.05, 0.1) is 5.41 Å². The number of nitrogens with one attached hydrogen (secondary N) is 2. The summed E-state index contributed by atoms with van der Waals surface area (Å²) < 4.78 is 0. The number of aliphatic carboxylic acids is 2. The number of carbonyl (C=O) groups is 4. The number of rotatable bonds is 8. The van der Waals surface area contributed by atoms with Crippen molar-refractivity contribution in [2.24, 2.45) is 0 Å². The van der Waals surface area contributed by atoms with Crippen molar-refractivity contribution in [3.05, 3.63) is 144 Å². The highest BCUT2D eigenvalue weighted by atomic mass is 16.4. The molecule has 2 amide bonds. The van der Waals surface area contributed by atoms with Gasteiger partial charge in [0, 0.05) is 35.7 Å². The topological polar surface area (TPSA) is 133 Å². The second-order valence-electron chi connectivity index (χ2n) is 9.32. The summed E-state index contributed by atoms with van der Waals surface area (Å²) in [7, 11) is 0. The van der Waals surface area contributed by atoms with E-state index in [1.807, 2.05) is 48.5 Å². The molecule has 5 rings (SSSR count). The molecule has 1 aliphatic rings. The monoisotopic (exact) mass is 544 g/mol. The van der Waals surface area contributed by atoms with Crippen LogP contribution in [0.5, 0.6) is 0 Å².